The van der Waals surface area contributed by atoms with Gasteiger partial charge in [0.15, 0.2) is 14.5 Å². The standard InChI is InChI=1S/C37H42N2O7Si/c1-36(2,3)47(5,6)46-33-29(24-32(41)43-4)30(45-34(33)39-23-22-31(40)38-35(39)42)25-44-37(26-16-10-7-11-17-26,27-18-12-8-13-19-27)28-20-14-9-15-21-28/h7-24,30,33-34H,25H2,1-6H3,(H,38,40,42). The predicted octanol–water partition coefficient (Wildman–Crippen LogP) is 5.93. The molecule has 0 saturated carbocycles. The molecule has 2 heterocycles. The zero-order chi connectivity index (χ0) is 33.8. The highest BCUT2D eigenvalue weighted by Gasteiger charge is 2.49. The maximum Gasteiger partial charge on any atom is 0.330 e. The summed E-state index contributed by atoms with van der Waals surface area (Å²) in [5, 5.41) is -0.207. The molecule has 1 N–H and O–H groups in total. The molecule has 4 aromatic rings. The molecule has 1 fully saturated rings. The number of esters is 1. The van der Waals surface area contributed by atoms with Gasteiger partial charge in [0, 0.05) is 18.3 Å². The smallest absolute Gasteiger partial charge is 0.330 e. The summed E-state index contributed by atoms with van der Waals surface area (Å²) in [6.07, 6.45) is 0.0693. The van der Waals surface area contributed by atoms with Crippen LogP contribution in [-0.4, -0.2) is 49.8 Å². The molecule has 5 rings (SSSR count). The van der Waals surface area contributed by atoms with Gasteiger partial charge in [0.2, 0.25) is 0 Å². The van der Waals surface area contributed by atoms with Gasteiger partial charge in [-0.25, -0.2) is 9.59 Å². The van der Waals surface area contributed by atoms with Gasteiger partial charge in [-0.05, 0) is 40.4 Å². The lowest BCUT2D eigenvalue weighted by molar-refractivity contribution is -0.135. The van der Waals surface area contributed by atoms with Gasteiger partial charge in [0.25, 0.3) is 5.56 Å². The third kappa shape index (κ3) is 7.01. The molecule has 9 nitrogen and oxygen atoms in total. The Morgan fingerprint density at radius 2 is 1.38 bits per heavy atom. The molecule has 1 saturated heterocycles. The van der Waals surface area contributed by atoms with Crippen LogP contribution in [0.15, 0.2) is 124 Å². The summed E-state index contributed by atoms with van der Waals surface area (Å²) in [4.78, 5) is 40.3. The van der Waals surface area contributed by atoms with Crippen molar-refractivity contribution in [1.82, 2.24) is 9.55 Å². The van der Waals surface area contributed by atoms with Crippen molar-refractivity contribution in [2.24, 2.45) is 0 Å². The van der Waals surface area contributed by atoms with E-state index in [0.717, 1.165) is 16.7 Å². The van der Waals surface area contributed by atoms with Crippen molar-refractivity contribution >= 4 is 14.3 Å². The molecular weight excluding hydrogens is 613 g/mol. The first-order chi connectivity index (χ1) is 22.4. The van der Waals surface area contributed by atoms with Crippen molar-refractivity contribution < 1.29 is 23.4 Å². The molecule has 3 atom stereocenters. The second-order valence-corrected chi connectivity index (χ2v) is 17.8. The first-order valence-corrected chi connectivity index (χ1v) is 18.5. The van der Waals surface area contributed by atoms with Crippen LogP contribution < -0.4 is 11.2 Å². The molecule has 3 unspecified atom stereocenters. The number of carbonyl (C=O) groups excluding carboxylic acids is 1. The van der Waals surface area contributed by atoms with E-state index >= 15 is 0 Å². The van der Waals surface area contributed by atoms with Crippen LogP contribution in [0.3, 0.4) is 0 Å². The Labute approximate surface area is 275 Å². The molecule has 47 heavy (non-hydrogen) atoms. The van der Waals surface area contributed by atoms with Crippen LogP contribution in [0.5, 0.6) is 0 Å². The Bertz CT molecular complexity index is 1720. The molecular formula is C37H42N2O7Si. The third-order valence-electron chi connectivity index (χ3n) is 9.09. The van der Waals surface area contributed by atoms with Crippen molar-refractivity contribution in [3.05, 3.63) is 152 Å². The Morgan fingerprint density at radius 1 is 0.872 bits per heavy atom. The number of nitrogens with zero attached hydrogens (tertiary/aromatic N) is 1. The average molecular weight is 655 g/mol. The van der Waals surface area contributed by atoms with Crippen molar-refractivity contribution in [1.29, 1.82) is 0 Å². The highest BCUT2D eigenvalue weighted by atomic mass is 28.4. The van der Waals surface area contributed by atoms with Gasteiger partial charge in [0.1, 0.15) is 17.8 Å². The van der Waals surface area contributed by atoms with Crippen LogP contribution in [0, 0.1) is 0 Å². The first-order valence-electron chi connectivity index (χ1n) is 15.6. The van der Waals surface area contributed by atoms with E-state index in [-0.39, 0.29) is 11.6 Å². The van der Waals surface area contributed by atoms with E-state index in [0.29, 0.717) is 5.57 Å². The van der Waals surface area contributed by atoms with Gasteiger partial charge in [-0.15, -0.1) is 0 Å². The Kier molecular flexibility index (Phi) is 9.97. The van der Waals surface area contributed by atoms with Crippen LogP contribution in [0.1, 0.15) is 43.7 Å². The zero-order valence-electron chi connectivity index (χ0n) is 27.6. The number of rotatable bonds is 10. The van der Waals surface area contributed by atoms with Gasteiger partial charge in [-0.3, -0.25) is 14.3 Å². The topological polar surface area (TPSA) is 109 Å². The summed E-state index contributed by atoms with van der Waals surface area (Å²) < 4.78 is 27.0. The Hall–Kier alpha value is -4.35. The monoisotopic (exact) mass is 654 g/mol. The molecule has 10 heteroatoms. The van der Waals surface area contributed by atoms with E-state index in [1.165, 1.54) is 30.0 Å². The summed E-state index contributed by atoms with van der Waals surface area (Å²) in [7, 11) is -1.22. The molecule has 1 aliphatic rings. The van der Waals surface area contributed by atoms with Crippen LogP contribution in [0.2, 0.25) is 18.1 Å². The van der Waals surface area contributed by atoms with Crippen LogP contribution in [-0.2, 0) is 29.0 Å². The van der Waals surface area contributed by atoms with E-state index < -0.39 is 49.6 Å². The van der Waals surface area contributed by atoms with E-state index in [9.17, 15) is 14.4 Å². The minimum atomic E-state index is -2.52. The number of hydrogen-bond donors (Lipinski definition) is 1. The number of hydrogen-bond acceptors (Lipinski definition) is 7. The largest absolute Gasteiger partial charge is 0.466 e. The fourth-order valence-electron chi connectivity index (χ4n) is 5.60. The van der Waals surface area contributed by atoms with Crippen molar-refractivity contribution in [2.75, 3.05) is 13.7 Å². The number of nitrogens with one attached hydrogen (secondary N) is 1. The summed E-state index contributed by atoms with van der Waals surface area (Å²) >= 11 is 0. The fourth-order valence-corrected chi connectivity index (χ4v) is 6.84. The number of ether oxygens (including phenoxy) is 3. The van der Waals surface area contributed by atoms with E-state index in [1.807, 2.05) is 91.0 Å². The van der Waals surface area contributed by atoms with E-state index in [1.54, 1.807) is 0 Å². The van der Waals surface area contributed by atoms with Crippen LogP contribution in [0.25, 0.3) is 0 Å². The Balaban J connectivity index is 1.66. The van der Waals surface area contributed by atoms with Crippen LogP contribution >= 0.6 is 0 Å². The third-order valence-corrected chi connectivity index (χ3v) is 13.5. The second-order valence-electron chi connectivity index (χ2n) is 13.1. The normalized spacial score (nSPS) is 19.5. The van der Waals surface area contributed by atoms with Crippen molar-refractivity contribution in [3.8, 4) is 0 Å². The molecule has 0 spiro atoms. The molecule has 3 aromatic carbocycles. The van der Waals surface area contributed by atoms with Gasteiger partial charge in [-0.2, -0.15) is 0 Å². The quantitative estimate of drug-likeness (QED) is 0.0977. The van der Waals surface area contributed by atoms with Crippen molar-refractivity contribution in [3.63, 3.8) is 0 Å². The minimum Gasteiger partial charge on any atom is -0.466 e. The summed E-state index contributed by atoms with van der Waals surface area (Å²) in [6, 6.07) is 31.1. The average Bonchev–Trinajstić information content (AvgIpc) is 3.37. The molecule has 0 radical (unpaired) electrons. The first kappa shape index (κ1) is 34.0. The number of methoxy groups -OCH3 is 1. The number of H-pyrrole nitrogens is 1. The number of benzene rings is 3. The van der Waals surface area contributed by atoms with Gasteiger partial charge < -0.3 is 18.6 Å². The molecule has 1 aromatic heterocycles. The molecule has 246 valence electrons. The van der Waals surface area contributed by atoms with Gasteiger partial charge in [-0.1, -0.05) is 112 Å². The SMILES string of the molecule is COC(=O)C=C1C(COC(c2ccccc2)(c2ccccc2)c2ccccc2)OC(n2ccc(=O)[nH]c2=O)C1O[Si](C)(C)C(C)(C)C. The lowest BCUT2D eigenvalue weighted by Gasteiger charge is -2.39. The minimum absolute atomic E-state index is 0.0204. The Morgan fingerprint density at radius 3 is 1.83 bits per heavy atom. The number of aromatic amines is 1. The molecule has 0 aliphatic carbocycles. The van der Waals surface area contributed by atoms with E-state index in [2.05, 4.69) is 38.8 Å². The van der Waals surface area contributed by atoms with E-state index in [4.69, 9.17) is 18.6 Å². The lowest BCUT2D eigenvalue weighted by atomic mass is 9.80. The number of carbonyl (C=O) groups is 1. The highest BCUT2D eigenvalue weighted by Crippen LogP contribution is 2.45. The zero-order valence-corrected chi connectivity index (χ0v) is 28.6. The molecule has 1 aliphatic heterocycles. The fraction of sp³-hybridized carbons (Fsp3) is 0.324. The second kappa shape index (κ2) is 13.8. The molecule has 0 amide bonds. The summed E-state index contributed by atoms with van der Waals surface area (Å²) in [5.41, 5.74) is 0.927. The maximum absolute atomic E-state index is 13.1. The highest BCUT2D eigenvalue weighted by molar-refractivity contribution is 6.74. The summed E-state index contributed by atoms with van der Waals surface area (Å²) in [5.74, 6) is -0.590. The molecule has 0 bridgehead atoms. The lowest BCUT2D eigenvalue weighted by Crippen LogP contribution is -2.47. The number of aromatic nitrogens is 2. The predicted molar refractivity (Wildman–Crippen MR) is 183 cm³/mol. The van der Waals surface area contributed by atoms with Crippen molar-refractivity contribution in [2.45, 2.75) is 62.9 Å². The van der Waals surface area contributed by atoms with Gasteiger partial charge >= 0.3 is 11.7 Å². The van der Waals surface area contributed by atoms with Gasteiger partial charge in [0.05, 0.1) is 13.7 Å². The summed E-state index contributed by atoms with van der Waals surface area (Å²) in [6.45, 7) is 10.5. The maximum atomic E-state index is 13.1. The van der Waals surface area contributed by atoms with Crippen LogP contribution in [0.4, 0.5) is 0 Å².